The van der Waals surface area contributed by atoms with Crippen LogP contribution >= 0.6 is 0 Å². The van der Waals surface area contributed by atoms with E-state index in [2.05, 4.69) is 5.32 Å². The van der Waals surface area contributed by atoms with Crippen molar-refractivity contribution in [3.63, 3.8) is 0 Å². The molecule has 1 saturated carbocycles. The number of carbonyl (C=O) groups excluding carboxylic acids is 3. The van der Waals surface area contributed by atoms with Crippen LogP contribution in [0.25, 0.3) is 0 Å². The van der Waals surface area contributed by atoms with E-state index >= 15 is 0 Å². The topological polar surface area (TPSA) is 120 Å². The zero-order chi connectivity index (χ0) is 26.1. The molecule has 1 aromatic carbocycles. The minimum Gasteiger partial charge on any atom is -0.502 e. The maximum Gasteiger partial charge on any atom is 0.337 e. The zero-order valence-corrected chi connectivity index (χ0v) is 21.3. The van der Waals surface area contributed by atoms with Crippen molar-refractivity contribution < 1.29 is 38.4 Å². The molecule has 1 fully saturated rings. The van der Waals surface area contributed by atoms with Gasteiger partial charge in [0.25, 0.3) is 0 Å². The number of rotatable bonds is 6. The smallest absolute Gasteiger partial charge is 0.337 e. The predicted molar refractivity (Wildman–Crippen MR) is 129 cm³/mol. The number of phenolic OH excluding ortho intramolecular Hbond substituents is 1. The van der Waals surface area contributed by atoms with E-state index in [1.54, 1.807) is 19.1 Å². The van der Waals surface area contributed by atoms with Crippen LogP contribution in [0.4, 0.5) is 0 Å². The summed E-state index contributed by atoms with van der Waals surface area (Å²) in [5.74, 6) is -3.61. The molecule has 9 heteroatoms. The summed E-state index contributed by atoms with van der Waals surface area (Å²) in [5, 5.41) is 13.7. The lowest BCUT2D eigenvalue weighted by Gasteiger charge is -2.38. The van der Waals surface area contributed by atoms with Crippen LogP contribution in [0.15, 0.2) is 34.7 Å². The van der Waals surface area contributed by atoms with Crippen LogP contribution in [0.2, 0.25) is 0 Å². The highest BCUT2D eigenvalue weighted by Crippen LogP contribution is 2.49. The Hall–Kier alpha value is -3.49. The average molecular weight is 500 g/mol. The first-order valence-electron chi connectivity index (χ1n) is 12.2. The van der Waals surface area contributed by atoms with Crippen LogP contribution in [-0.4, -0.2) is 50.3 Å². The second-order valence-electron chi connectivity index (χ2n) is 9.62. The Bertz CT molecular complexity index is 1120. The molecule has 194 valence electrons. The van der Waals surface area contributed by atoms with Crippen molar-refractivity contribution in [3.05, 3.63) is 40.2 Å². The minimum absolute atomic E-state index is 0.132. The number of Topliss-reactive ketones (excluding diaryl/α,β-unsaturated/α-hetero) is 1. The molecule has 2 aliphatic carbocycles. The van der Waals surface area contributed by atoms with Crippen molar-refractivity contribution in [2.45, 2.75) is 58.0 Å². The van der Waals surface area contributed by atoms with Gasteiger partial charge in [-0.05, 0) is 62.6 Å². The number of dihydropyridines is 1. The lowest BCUT2D eigenvalue weighted by molar-refractivity contribution is -0.151. The Balaban J connectivity index is 1.89. The first kappa shape index (κ1) is 25.6. The molecular weight excluding hydrogens is 466 g/mol. The van der Waals surface area contributed by atoms with E-state index in [1.807, 2.05) is 6.92 Å². The van der Waals surface area contributed by atoms with Crippen LogP contribution in [0, 0.1) is 11.8 Å². The van der Waals surface area contributed by atoms with Gasteiger partial charge in [-0.2, -0.15) is 0 Å². The van der Waals surface area contributed by atoms with E-state index in [1.165, 1.54) is 21.3 Å². The molecule has 0 unspecified atom stereocenters. The SMILES string of the molecule is COC(=O)[C@H]1C(=O)C2=C(C[C@@H]1C)NC(C)=C(C(=O)OC1CCCC1)[C@@H]2c1cc(OC)c(O)c(OC)c1. The van der Waals surface area contributed by atoms with Gasteiger partial charge >= 0.3 is 11.9 Å². The van der Waals surface area contributed by atoms with Crippen LogP contribution in [0.5, 0.6) is 17.2 Å². The molecule has 0 bridgehead atoms. The number of nitrogens with one attached hydrogen (secondary N) is 1. The molecule has 0 saturated heterocycles. The molecule has 1 heterocycles. The maximum atomic E-state index is 13.9. The fourth-order valence-electron chi connectivity index (χ4n) is 5.59. The Kier molecular flexibility index (Phi) is 7.28. The predicted octanol–water partition coefficient (Wildman–Crippen LogP) is 3.51. The molecule has 0 radical (unpaired) electrons. The molecule has 36 heavy (non-hydrogen) atoms. The molecule has 0 spiro atoms. The molecule has 4 rings (SSSR count). The van der Waals surface area contributed by atoms with Gasteiger partial charge in [-0.15, -0.1) is 0 Å². The van der Waals surface area contributed by atoms with Crippen molar-refractivity contribution in [2.75, 3.05) is 21.3 Å². The monoisotopic (exact) mass is 499 g/mol. The Morgan fingerprint density at radius 3 is 2.22 bits per heavy atom. The molecule has 0 amide bonds. The molecule has 2 N–H and O–H groups in total. The third-order valence-electron chi connectivity index (χ3n) is 7.37. The number of ether oxygens (including phenoxy) is 4. The second kappa shape index (κ2) is 10.2. The van der Waals surface area contributed by atoms with E-state index in [4.69, 9.17) is 18.9 Å². The van der Waals surface area contributed by atoms with Gasteiger partial charge in [-0.3, -0.25) is 9.59 Å². The second-order valence-corrected chi connectivity index (χ2v) is 9.62. The van der Waals surface area contributed by atoms with Gasteiger partial charge in [0.1, 0.15) is 12.0 Å². The Labute approximate surface area is 210 Å². The highest BCUT2D eigenvalue weighted by atomic mass is 16.5. The van der Waals surface area contributed by atoms with E-state index in [-0.39, 0.29) is 34.8 Å². The van der Waals surface area contributed by atoms with Crippen LogP contribution in [0.3, 0.4) is 0 Å². The third-order valence-corrected chi connectivity index (χ3v) is 7.37. The van der Waals surface area contributed by atoms with Crippen LogP contribution < -0.4 is 14.8 Å². The van der Waals surface area contributed by atoms with Crippen molar-refractivity contribution in [3.8, 4) is 17.2 Å². The summed E-state index contributed by atoms with van der Waals surface area (Å²) in [4.78, 5) is 40.0. The number of hydrogen-bond acceptors (Lipinski definition) is 9. The van der Waals surface area contributed by atoms with Crippen LogP contribution in [-0.2, 0) is 23.9 Å². The number of benzene rings is 1. The van der Waals surface area contributed by atoms with Crippen molar-refractivity contribution in [2.24, 2.45) is 11.8 Å². The van der Waals surface area contributed by atoms with Gasteiger partial charge < -0.3 is 29.4 Å². The van der Waals surface area contributed by atoms with Gasteiger partial charge in [-0.25, -0.2) is 4.79 Å². The Morgan fingerprint density at radius 1 is 1.06 bits per heavy atom. The van der Waals surface area contributed by atoms with Gasteiger partial charge in [0.05, 0.1) is 26.9 Å². The number of phenols is 1. The summed E-state index contributed by atoms with van der Waals surface area (Å²) < 4.78 is 21.5. The largest absolute Gasteiger partial charge is 0.502 e. The number of esters is 2. The number of ketones is 1. The first-order chi connectivity index (χ1) is 17.2. The fourth-order valence-corrected chi connectivity index (χ4v) is 5.59. The van der Waals surface area contributed by atoms with Gasteiger partial charge in [0.2, 0.25) is 5.75 Å². The van der Waals surface area contributed by atoms with Gasteiger partial charge in [-0.1, -0.05) is 6.92 Å². The normalized spacial score (nSPS) is 24.2. The van der Waals surface area contributed by atoms with E-state index in [0.717, 1.165) is 25.7 Å². The highest BCUT2D eigenvalue weighted by Gasteiger charge is 2.47. The summed E-state index contributed by atoms with van der Waals surface area (Å²) in [6.45, 7) is 3.61. The average Bonchev–Trinajstić information content (AvgIpc) is 3.36. The summed E-state index contributed by atoms with van der Waals surface area (Å²) in [6.07, 6.45) is 3.83. The van der Waals surface area contributed by atoms with Crippen LogP contribution in [0.1, 0.15) is 57.4 Å². The van der Waals surface area contributed by atoms with Gasteiger partial charge in [0.15, 0.2) is 17.3 Å². The molecule has 3 atom stereocenters. The number of carbonyl (C=O) groups is 3. The molecule has 1 aliphatic heterocycles. The quantitative estimate of drug-likeness (QED) is 0.447. The fraction of sp³-hybridized carbons (Fsp3) is 0.519. The number of methoxy groups -OCH3 is 3. The minimum atomic E-state index is -0.996. The molecular formula is C27H33NO8. The molecule has 3 aliphatic rings. The lowest BCUT2D eigenvalue weighted by atomic mass is 9.69. The summed E-state index contributed by atoms with van der Waals surface area (Å²) in [6, 6.07) is 3.15. The zero-order valence-electron chi connectivity index (χ0n) is 21.3. The summed E-state index contributed by atoms with van der Waals surface area (Å²) >= 11 is 0. The first-order valence-corrected chi connectivity index (χ1v) is 12.2. The van der Waals surface area contributed by atoms with Crippen molar-refractivity contribution in [1.29, 1.82) is 0 Å². The van der Waals surface area contributed by atoms with E-state index < -0.39 is 29.6 Å². The summed E-state index contributed by atoms with van der Waals surface area (Å²) in [7, 11) is 4.07. The third kappa shape index (κ3) is 4.42. The van der Waals surface area contributed by atoms with Crippen molar-refractivity contribution in [1.82, 2.24) is 5.32 Å². The lowest BCUT2D eigenvalue weighted by Crippen LogP contribution is -2.43. The molecule has 0 aromatic heterocycles. The Morgan fingerprint density at radius 2 is 1.67 bits per heavy atom. The number of aromatic hydroxyl groups is 1. The number of hydrogen-bond donors (Lipinski definition) is 2. The molecule has 1 aromatic rings. The maximum absolute atomic E-state index is 13.9. The number of allylic oxidation sites excluding steroid dienone is 3. The standard InChI is InChI=1S/C27H33NO8/c1-13-10-17-23(25(30)20(13)26(31)35-5)22(15-11-18(33-3)24(29)19(12-15)34-4)21(14(2)28-17)27(32)36-16-8-6-7-9-16/h11-13,16,20,22,28-29H,6-10H2,1-5H3/t13-,20+,22-/m0/s1. The van der Waals surface area contributed by atoms with E-state index in [0.29, 0.717) is 29.0 Å². The van der Waals surface area contributed by atoms with Gasteiger partial charge in [0, 0.05) is 22.9 Å². The highest BCUT2D eigenvalue weighted by molar-refractivity contribution is 6.12. The van der Waals surface area contributed by atoms with Crippen molar-refractivity contribution >= 4 is 17.7 Å². The summed E-state index contributed by atoms with van der Waals surface area (Å²) in [5.41, 5.74) is 2.31. The molecule has 9 nitrogen and oxygen atoms in total. The van der Waals surface area contributed by atoms with E-state index in [9.17, 15) is 19.5 Å².